The lowest BCUT2D eigenvalue weighted by atomic mass is 10.2. The van der Waals surface area contributed by atoms with Gasteiger partial charge in [-0.3, -0.25) is 4.79 Å². The lowest BCUT2D eigenvalue weighted by Gasteiger charge is -2.13. The molecule has 5 nitrogen and oxygen atoms in total. The first-order valence-electron chi connectivity index (χ1n) is 6.49. The topological polar surface area (TPSA) is 72.9 Å². The van der Waals surface area contributed by atoms with E-state index in [1.54, 1.807) is 35.4 Å². The zero-order valence-corrected chi connectivity index (χ0v) is 11.8. The van der Waals surface area contributed by atoms with Crippen LogP contribution in [-0.4, -0.2) is 22.0 Å². The lowest BCUT2D eigenvalue weighted by Crippen LogP contribution is -2.14. The molecule has 0 spiro atoms. The molecular weight excluding hydrogens is 276 g/mol. The summed E-state index contributed by atoms with van der Waals surface area (Å²) in [6, 6.07) is 5.40. The third kappa shape index (κ3) is 3.59. The summed E-state index contributed by atoms with van der Waals surface area (Å²) in [5, 5.41) is 3.44. The molecule has 0 saturated carbocycles. The van der Waals surface area contributed by atoms with E-state index in [1.165, 1.54) is 0 Å². The van der Waals surface area contributed by atoms with Crippen LogP contribution in [0.15, 0.2) is 36.9 Å². The van der Waals surface area contributed by atoms with Crippen molar-refractivity contribution >= 4 is 23.2 Å². The average Bonchev–Trinajstić information content (AvgIpc) is 2.93. The molecule has 106 valence electrons. The second-order valence-electron chi connectivity index (χ2n) is 4.40. The number of nitrogens with one attached hydrogen (secondary N) is 1. The molecule has 1 amide bonds. The van der Waals surface area contributed by atoms with Gasteiger partial charge < -0.3 is 15.6 Å². The van der Waals surface area contributed by atoms with Gasteiger partial charge in [0, 0.05) is 18.8 Å². The molecule has 3 N–H and O–H groups in total. The molecule has 6 heteroatoms. The summed E-state index contributed by atoms with van der Waals surface area (Å²) < 4.78 is 1.78. The highest BCUT2D eigenvalue weighted by molar-refractivity contribution is 6.33. The minimum Gasteiger partial charge on any atom is -0.330 e. The molecule has 1 heterocycles. The third-order valence-electron chi connectivity index (χ3n) is 2.88. The van der Waals surface area contributed by atoms with Crippen LogP contribution in [0.3, 0.4) is 0 Å². The summed E-state index contributed by atoms with van der Waals surface area (Å²) in [6.45, 7) is 0.602. The largest absolute Gasteiger partial charge is 0.330 e. The number of amides is 1. The third-order valence-corrected chi connectivity index (χ3v) is 3.19. The number of imidazole rings is 1. The number of para-hydroxylation sites is 1. The van der Waals surface area contributed by atoms with Crippen molar-refractivity contribution < 1.29 is 4.79 Å². The number of hydrogen-bond donors (Lipinski definition) is 2. The quantitative estimate of drug-likeness (QED) is 0.804. The van der Waals surface area contributed by atoms with Crippen LogP contribution in [0.25, 0.3) is 5.69 Å². The van der Waals surface area contributed by atoms with Crippen LogP contribution in [-0.2, 0) is 4.79 Å². The van der Waals surface area contributed by atoms with E-state index in [1.807, 2.05) is 6.07 Å². The molecule has 0 fully saturated rings. The molecule has 0 unspecified atom stereocenters. The van der Waals surface area contributed by atoms with Gasteiger partial charge in [0.15, 0.2) is 0 Å². The van der Waals surface area contributed by atoms with Crippen molar-refractivity contribution in [2.45, 2.75) is 19.3 Å². The fourth-order valence-corrected chi connectivity index (χ4v) is 2.18. The molecule has 0 aliphatic heterocycles. The summed E-state index contributed by atoms with van der Waals surface area (Å²) in [7, 11) is 0. The molecule has 2 aromatic rings. The molecule has 2 rings (SSSR count). The number of anilines is 1. The Morgan fingerprint density at radius 2 is 2.25 bits per heavy atom. The predicted molar refractivity (Wildman–Crippen MR) is 80.1 cm³/mol. The van der Waals surface area contributed by atoms with Crippen molar-refractivity contribution in [2.24, 2.45) is 5.73 Å². The number of halogens is 1. The van der Waals surface area contributed by atoms with E-state index in [2.05, 4.69) is 10.3 Å². The second kappa shape index (κ2) is 7.07. The first-order valence-corrected chi connectivity index (χ1v) is 6.87. The maximum absolute atomic E-state index is 11.9. The molecule has 0 aliphatic rings. The van der Waals surface area contributed by atoms with E-state index in [0.29, 0.717) is 23.7 Å². The fourth-order valence-electron chi connectivity index (χ4n) is 1.91. The van der Waals surface area contributed by atoms with Crippen molar-refractivity contribution in [2.75, 3.05) is 11.9 Å². The molecule has 1 aromatic carbocycles. The molecule has 20 heavy (non-hydrogen) atoms. The molecule has 1 aromatic heterocycles. The Labute approximate surface area is 122 Å². The standard InChI is InChI=1S/C14H17ClN4O/c15-11-4-3-5-12(14(11)19-9-8-17-10-19)18-13(20)6-1-2-7-16/h3-5,8-10H,1-2,6-7,16H2,(H,18,20). The number of unbranched alkanes of at least 4 members (excludes halogenated alkanes) is 1. The Morgan fingerprint density at radius 1 is 1.40 bits per heavy atom. The van der Waals surface area contributed by atoms with Crippen molar-refractivity contribution in [1.82, 2.24) is 9.55 Å². The highest BCUT2D eigenvalue weighted by Gasteiger charge is 2.11. The molecular formula is C14H17ClN4O. The average molecular weight is 293 g/mol. The van der Waals surface area contributed by atoms with Gasteiger partial charge in [-0.1, -0.05) is 17.7 Å². The van der Waals surface area contributed by atoms with E-state index >= 15 is 0 Å². The Morgan fingerprint density at radius 3 is 2.95 bits per heavy atom. The minimum absolute atomic E-state index is 0.0397. The number of hydrogen-bond acceptors (Lipinski definition) is 3. The van der Waals surface area contributed by atoms with Crippen LogP contribution >= 0.6 is 11.6 Å². The van der Waals surface area contributed by atoms with E-state index in [4.69, 9.17) is 17.3 Å². The van der Waals surface area contributed by atoms with E-state index in [0.717, 1.165) is 18.5 Å². The van der Waals surface area contributed by atoms with Gasteiger partial charge in [0.05, 0.1) is 22.7 Å². The van der Waals surface area contributed by atoms with E-state index < -0.39 is 0 Å². The molecule has 0 radical (unpaired) electrons. The van der Waals surface area contributed by atoms with E-state index in [9.17, 15) is 4.79 Å². The number of aromatic nitrogens is 2. The van der Waals surface area contributed by atoms with Crippen LogP contribution in [0.2, 0.25) is 5.02 Å². The number of carbonyl (C=O) groups is 1. The Kier molecular flexibility index (Phi) is 5.15. The lowest BCUT2D eigenvalue weighted by molar-refractivity contribution is -0.116. The van der Waals surface area contributed by atoms with Crippen LogP contribution in [0.5, 0.6) is 0 Å². The smallest absolute Gasteiger partial charge is 0.224 e. The summed E-state index contributed by atoms with van der Waals surface area (Å²) in [4.78, 5) is 15.9. The van der Waals surface area contributed by atoms with Crippen LogP contribution in [0.1, 0.15) is 19.3 Å². The Hall–Kier alpha value is -1.85. The maximum Gasteiger partial charge on any atom is 0.224 e. The van der Waals surface area contributed by atoms with Gasteiger partial charge >= 0.3 is 0 Å². The maximum atomic E-state index is 11.9. The highest BCUT2D eigenvalue weighted by atomic mass is 35.5. The normalized spacial score (nSPS) is 10.5. The summed E-state index contributed by atoms with van der Waals surface area (Å²) >= 11 is 6.21. The van der Waals surface area contributed by atoms with Crippen LogP contribution in [0.4, 0.5) is 5.69 Å². The SMILES string of the molecule is NCCCCC(=O)Nc1cccc(Cl)c1-n1ccnc1. The zero-order valence-electron chi connectivity index (χ0n) is 11.1. The molecule has 0 saturated heterocycles. The number of rotatable bonds is 6. The van der Waals surface area contributed by atoms with Gasteiger partial charge in [-0.2, -0.15) is 0 Å². The van der Waals surface area contributed by atoms with Crippen molar-refractivity contribution in [3.05, 3.63) is 41.9 Å². The van der Waals surface area contributed by atoms with Crippen molar-refractivity contribution in [1.29, 1.82) is 0 Å². The molecule has 0 bridgehead atoms. The summed E-state index contributed by atoms with van der Waals surface area (Å²) in [5.41, 5.74) is 6.81. The first-order chi connectivity index (χ1) is 9.72. The molecule has 0 atom stereocenters. The highest BCUT2D eigenvalue weighted by Crippen LogP contribution is 2.28. The summed E-state index contributed by atoms with van der Waals surface area (Å²) in [6.07, 6.45) is 7.17. The molecule has 0 aliphatic carbocycles. The number of nitrogens with zero attached hydrogens (tertiary/aromatic N) is 2. The number of nitrogens with two attached hydrogens (primary N) is 1. The fraction of sp³-hybridized carbons (Fsp3) is 0.286. The monoisotopic (exact) mass is 292 g/mol. The van der Waals surface area contributed by atoms with E-state index in [-0.39, 0.29) is 5.91 Å². The van der Waals surface area contributed by atoms with Crippen molar-refractivity contribution in [3.8, 4) is 5.69 Å². The summed E-state index contributed by atoms with van der Waals surface area (Å²) in [5.74, 6) is -0.0397. The minimum atomic E-state index is -0.0397. The van der Waals surface area contributed by atoms with Gasteiger partial charge in [0.1, 0.15) is 0 Å². The number of carbonyl (C=O) groups excluding carboxylic acids is 1. The predicted octanol–water partition coefficient (Wildman–Crippen LogP) is 2.59. The van der Waals surface area contributed by atoms with Gasteiger partial charge in [-0.15, -0.1) is 0 Å². The Balaban J connectivity index is 2.16. The zero-order chi connectivity index (χ0) is 14.4. The van der Waals surface area contributed by atoms with Crippen molar-refractivity contribution in [3.63, 3.8) is 0 Å². The Bertz CT molecular complexity index is 569. The second-order valence-corrected chi connectivity index (χ2v) is 4.81. The van der Waals surface area contributed by atoms with Crippen LogP contribution in [0, 0.1) is 0 Å². The number of benzene rings is 1. The van der Waals surface area contributed by atoms with Gasteiger partial charge in [-0.05, 0) is 31.5 Å². The van der Waals surface area contributed by atoms with Gasteiger partial charge in [-0.25, -0.2) is 4.98 Å². The van der Waals surface area contributed by atoms with Gasteiger partial charge in [0.2, 0.25) is 5.91 Å². The van der Waals surface area contributed by atoms with Crippen LogP contribution < -0.4 is 11.1 Å². The van der Waals surface area contributed by atoms with Gasteiger partial charge in [0.25, 0.3) is 0 Å². The first kappa shape index (κ1) is 14.6.